The Morgan fingerprint density at radius 1 is 1.15 bits per heavy atom. The average Bonchev–Trinajstić information content (AvgIpc) is 3.14. The molecular weight excluding hydrogens is 426 g/mol. The number of pyridine rings is 1. The summed E-state index contributed by atoms with van der Waals surface area (Å²) in [7, 11) is 3.12. The van der Waals surface area contributed by atoms with Gasteiger partial charge >= 0.3 is 5.97 Å². The fraction of sp³-hybridized carbons (Fsp3) is 0.667. The summed E-state index contributed by atoms with van der Waals surface area (Å²) in [5, 5.41) is 2.94. The summed E-state index contributed by atoms with van der Waals surface area (Å²) < 4.78 is 16.4. The zero-order valence-corrected chi connectivity index (χ0v) is 19.5. The molecule has 182 valence electrons. The maximum Gasteiger partial charge on any atom is 0.305 e. The summed E-state index contributed by atoms with van der Waals surface area (Å²) in [6.07, 6.45) is 8.72. The van der Waals surface area contributed by atoms with Gasteiger partial charge in [0.05, 0.1) is 37.9 Å². The van der Waals surface area contributed by atoms with Crippen molar-refractivity contribution in [1.29, 1.82) is 0 Å². The summed E-state index contributed by atoms with van der Waals surface area (Å²) in [5.41, 5.74) is 0.867. The fourth-order valence-corrected chi connectivity index (χ4v) is 4.58. The van der Waals surface area contributed by atoms with E-state index in [1.165, 1.54) is 7.11 Å². The quantitative estimate of drug-likeness (QED) is 0.397. The third-order valence-corrected chi connectivity index (χ3v) is 6.43. The Labute approximate surface area is 195 Å². The number of aromatic nitrogens is 1. The van der Waals surface area contributed by atoms with Gasteiger partial charge in [-0.05, 0) is 43.7 Å². The molecule has 33 heavy (non-hydrogen) atoms. The van der Waals surface area contributed by atoms with Crippen LogP contribution < -0.4 is 5.32 Å². The van der Waals surface area contributed by atoms with Gasteiger partial charge in [-0.15, -0.1) is 0 Å². The second-order valence-corrected chi connectivity index (χ2v) is 8.66. The number of ether oxygens (including phenoxy) is 3. The van der Waals surface area contributed by atoms with Gasteiger partial charge in [0.1, 0.15) is 0 Å². The van der Waals surface area contributed by atoms with Gasteiger partial charge < -0.3 is 24.4 Å². The number of esters is 1. The van der Waals surface area contributed by atoms with Gasteiger partial charge in [-0.3, -0.25) is 19.4 Å². The minimum Gasteiger partial charge on any atom is -0.469 e. The Kier molecular flexibility index (Phi) is 9.62. The number of nitrogens with one attached hydrogen (secondary N) is 1. The van der Waals surface area contributed by atoms with Crippen LogP contribution in [0.15, 0.2) is 24.5 Å². The SMILES string of the molecule is COC(=O)CCCOC1CCC(OCCNC(=O)C2CC(=O)N(C)[C@@H]2c2cccnc2)CC1. The lowest BCUT2D eigenvalue weighted by Gasteiger charge is -2.29. The molecule has 1 aliphatic carbocycles. The number of hydrogen-bond donors (Lipinski definition) is 1. The van der Waals surface area contributed by atoms with E-state index < -0.39 is 5.92 Å². The third kappa shape index (κ3) is 7.23. The minimum atomic E-state index is -0.432. The van der Waals surface area contributed by atoms with Crippen molar-refractivity contribution < 1.29 is 28.6 Å². The Hall–Kier alpha value is -2.52. The number of methoxy groups -OCH3 is 1. The minimum absolute atomic E-state index is 0.0375. The predicted molar refractivity (Wildman–Crippen MR) is 120 cm³/mol. The Bertz CT molecular complexity index is 782. The first kappa shape index (κ1) is 25.1. The molecule has 1 aromatic heterocycles. The molecule has 1 aromatic rings. The molecule has 1 N–H and O–H groups in total. The first-order valence-electron chi connectivity index (χ1n) is 11.7. The van der Waals surface area contributed by atoms with E-state index in [1.54, 1.807) is 24.3 Å². The third-order valence-electron chi connectivity index (χ3n) is 6.43. The molecule has 2 atom stereocenters. The predicted octanol–water partition coefficient (Wildman–Crippen LogP) is 2.01. The lowest BCUT2D eigenvalue weighted by atomic mass is 9.94. The van der Waals surface area contributed by atoms with Crippen molar-refractivity contribution in [1.82, 2.24) is 15.2 Å². The molecule has 9 heteroatoms. The van der Waals surface area contributed by atoms with Crippen molar-refractivity contribution in [3.8, 4) is 0 Å². The summed E-state index contributed by atoms with van der Waals surface area (Å²) >= 11 is 0. The van der Waals surface area contributed by atoms with Crippen LogP contribution in [0.3, 0.4) is 0 Å². The van der Waals surface area contributed by atoms with Gasteiger partial charge in [-0.2, -0.15) is 0 Å². The smallest absolute Gasteiger partial charge is 0.305 e. The van der Waals surface area contributed by atoms with Crippen LogP contribution >= 0.6 is 0 Å². The monoisotopic (exact) mass is 461 g/mol. The maximum atomic E-state index is 12.8. The highest BCUT2D eigenvalue weighted by molar-refractivity contribution is 5.90. The van der Waals surface area contributed by atoms with Crippen LogP contribution in [0, 0.1) is 5.92 Å². The van der Waals surface area contributed by atoms with E-state index in [0.29, 0.717) is 32.6 Å². The lowest BCUT2D eigenvalue weighted by Crippen LogP contribution is -2.37. The Morgan fingerprint density at radius 2 is 1.85 bits per heavy atom. The number of carbonyl (C=O) groups excluding carboxylic acids is 3. The topological polar surface area (TPSA) is 107 Å². The van der Waals surface area contributed by atoms with E-state index in [2.05, 4.69) is 15.0 Å². The molecular formula is C24H35N3O6. The van der Waals surface area contributed by atoms with Crippen LogP contribution in [0.2, 0.25) is 0 Å². The number of rotatable bonds is 11. The van der Waals surface area contributed by atoms with Crippen molar-refractivity contribution in [3.05, 3.63) is 30.1 Å². The van der Waals surface area contributed by atoms with Crippen LogP contribution in [0.25, 0.3) is 0 Å². The zero-order valence-electron chi connectivity index (χ0n) is 19.5. The van der Waals surface area contributed by atoms with Crippen molar-refractivity contribution in [2.45, 2.75) is 63.2 Å². The first-order chi connectivity index (χ1) is 16.0. The number of amides is 2. The molecule has 1 aliphatic heterocycles. The molecule has 1 saturated carbocycles. The normalized spacial score (nSPS) is 25.2. The van der Waals surface area contributed by atoms with Gasteiger partial charge in [0.25, 0.3) is 0 Å². The largest absolute Gasteiger partial charge is 0.469 e. The molecule has 2 aliphatic rings. The van der Waals surface area contributed by atoms with E-state index >= 15 is 0 Å². The molecule has 2 fully saturated rings. The fourth-order valence-electron chi connectivity index (χ4n) is 4.58. The number of carbonyl (C=O) groups is 3. The van der Waals surface area contributed by atoms with Crippen LogP contribution in [0.5, 0.6) is 0 Å². The van der Waals surface area contributed by atoms with Gasteiger partial charge in [0.2, 0.25) is 11.8 Å². The second-order valence-electron chi connectivity index (χ2n) is 8.66. The van der Waals surface area contributed by atoms with Crippen LogP contribution in [0.4, 0.5) is 0 Å². The first-order valence-corrected chi connectivity index (χ1v) is 11.7. The summed E-state index contributed by atoms with van der Waals surface area (Å²) in [4.78, 5) is 41.9. The number of hydrogen-bond acceptors (Lipinski definition) is 7. The second kappa shape index (κ2) is 12.6. The van der Waals surface area contributed by atoms with Crippen molar-refractivity contribution in [2.24, 2.45) is 5.92 Å². The lowest BCUT2D eigenvalue weighted by molar-refractivity contribution is -0.141. The molecule has 0 spiro atoms. The molecule has 2 heterocycles. The Balaban J connectivity index is 1.32. The highest BCUT2D eigenvalue weighted by Crippen LogP contribution is 2.36. The Morgan fingerprint density at radius 3 is 2.48 bits per heavy atom. The van der Waals surface area contributed by atoms with Crippen molar-refractivity contribution in [3.63, 3.8) is 0 Å². The molecule has 1 saturated heterocycles. The summed E-state index contributed by atoms with van der Waals surface area (Å²) in [5.74, 6) is -0.806. The molecule has 9 nitrogen and oxygen atoms in total. The maximum absolute atomic E-state index is 12.8. The van der Waals surface area contributed by atoms with Gasteiger partial charge in [-0.25, -0.2) is 0 Å². The van der Waals surface area contributed by atoms with Gasteiger partial charge in [0, 0.05) is 45.4 Å². The molecule has 2 amide bonds. The summed E-state index contributed by atoms with van der Waals surface area (Å²) in [6, 6.07) is 3.42. The van der Waals surface area contributed by atoms with Crippen molar-refractivity contribution in [2.75, 3.05) is 33.9 Å². The molecule has 3 rings (SSSR count). The van der Waals surface area contributed by atoms with E-state index in [1.807, 2.05) is 12.1 Å². The van der Waals surface area contributed by atoms with Crippen LogP contribution in [-0.4, -0.2) is 73.8 Å². The van der Waals surface area contributed by atoms with E-state index in [9.17, 15) is 14.4 Å². The molecule has 0 radical (unpaired) electrons. The van der Waals surface area contributed by atoms with E-state index in [-0.39, 0.29) is 42.5 Å². The average molecular weight is 462 g/mol. The van der Waals surface area contributed by atoms with Gasteiger partial charge in [0.15, 0.2) is 0 Å². The molecule has 0 aromatic carbocycles. The number of likely N-dealkylation sites (tertiary alicyclic amines) is 1. The molecule has 0 bridgehead atoms. The van der Waals surface area contributed by atoms with E-state index in [0.717, 1.165) is 31.2 Å². The van der Waals surface area contributed by atoms with E-state index in [4.69, 9.17) is 9.47 Å². The van der Waals surface area contributed by atoms with Crippen molar-refractivity contribution >= 4 is 17.8 Å². The summed E-state index contributed by atoms with van der Waals surface area (Å²) in [6.45, 7) is 1.42. The van der Waals surface area contributed by atoms with Crippen LogP contribution in [0.1, 0.15) is 56.6 Å². The highest BCUT2D eigenvalue weighted by atomic mass is 16.5. The molecule has 1 unspecified atom stereocenters. The van der Waals surface area contributed by atoms with Crippen LogP contribution in [-0.2, 0) is 28.6 Å². The standard InChI is InChI=1S/C24H35N3O6/c1-27-21(28)15-20(23(27)17-5-3-11-25-16-17)24(30)26-12-14-33-19-9-7-18(8-10-19)32-13-4-6-22(29)31-2/h3,5,11,16,18-20,23H,4,6-10,12-15H2,1-2H3,(H,26,30)/t18?,19?,20?,23-/m1/s1. The highest BCUT2D eigenvalue weighted by Gasteiger charge is 2.42. The number of nitrogens with zero attached hydrogens (tertiary/aromatic N) is 2. The van der Waals surface area contributed by atoms with Gasteiger partial charge in [-0.1, -0.05) is 6.07 Å². The zero-order chi connectivity index (χ0) is 23.6.